The zero-order chi connectivity index (χ0) is 24.4. The third kappa shape index (κ3) is 4.78. The number of rotatable bonds is 8. The van der Waals surface area contributed by atoms with Crippen molar-refractivity contribution in [3.63, 3.8) is 0 Å². The van der Waals surface area contributed by atoms with Crippen LogP contribution < -0.4 is 15.8 Å². The van der Waals surface area contributed by atoms with Gasteiger partial charge in [-0.05, 0) is 31.0 Å². The van der Waals surface area contributed by atoms with Crippen molar-refractivity contribution < 1.29 is 27.5 Å². The molecular weight excluding hydrogens is 457 g/mol. The molecule has 3 aromatic rings. The number of aryl methyl sites for hydroxylation is 1. The van der Waals surface area contributed by atoms with Gasteiger partial charge in [-0.3, -0.25) is 14.8 Å². The Bertz CT molecular complexity index is 1340. The fraction of sp³-hybridized carbons (Fsp3) is 0.300. The van der Waals surface area contributed by atoms with Crippen molar-refractivity contribution in [3.8, 4) is 22.7 Å². The summed E-state index contributed by atoms with van der Waals surface area (Å²) in [5.41, 5.74) is 1.82. The number of halogens is 1. The first-order valence-corrected chi connectivity index (χ1v) is 11.5. The van der Waals surface area contributed by atoms with Gasteiger partial charge in [0.05, 0.1) is 12.8 Å². The number of sulfone groups is 1. The Labute approximate surface area is 188 Å². The molecule has 0 bridgehead atoms. The molecule has 0 saturated carbocycles. The van der Waals surface area contributed by atoms with Crippen LogP contribution in [-0.2, 0) is 21.2 Å². The number of nitrogens with zero attached hydrogens (tertiary/aromatic N) is 4. The number of benzene rings is 1. The zero-order valence-corrected chi connectivity index (χ0v) is 18.8. The van der Waals surface area contributed by atoms with Crippen molar-refractivity contribution in [1.82, 2.24) is 25.0 Å². The molecular formula is C20H22FN5O6S. The number of hydrogen-bond donors (Lipinski definition) is 2. The van der Waals surface area contributed by atoms with Crippen molar-refractivity contribution in [2.75, 3.05) is 13.4 Å². The fourth-order valence-electron chi connectivity index (χ4n) is 3.10. The van der Waals surface area contributed by atoms with Crippen LogP contribution >= 0.6 is 0 Å². The topological polar surface area (TPSA) is 145 Å². The lowest BCUT2D eigenvalue weighted by atomic mass is 10.0. The van der Waals surface area contributed by atoms with Crippen LogP contribution in [-0.4, -0.2) is 57.2 Å². The van der Waals surface area contributed by atoms with Crippen molar-refractivity contribution in [2.24, 2.45) is 0 Å². The molecule has 2 aromatic heterocycles. The van der Waals surface area contributed by atoms with Crippen LogP contribution in [0.25, 0.3) is 16.8 Å². The number of hydrogen-bond acceptors (Lipinski definition) is 8. The minimum atomic E-state index is -3.95. The molecule has 2 N–H and O–H groups in total. The van der Waals surface area contributed by atoms with E-state index in [0.29, 0.717) is 17.1 Å². The van der Waals surface area contributed by atoms with E-state index in [1.54, 1.807) is 24.3 Å². The van der Waals surface area contributed by atoms with Gasteiger partial charge >= 0.3 is 0 Å². The fourth-order valence-corrected chi connectivity index (χ4v) is 3.95. The van der Waals surface area contributed by atoms with Crippen molar-refractivity contribution in [3.05, 3.63) is 58.9 Å². The largest absolute Gasteiger partial charge is 0.479 e. The maximum absolute atomic E-state index is 14.8. The van der Waals surface area contributed by atoms with Crippen LogP contribution in [0.1, 0.15) is 13.3 Å². The second kappa shape index (κ2) is 9.11. The van der Waals surface area contributed by atoms with Gasteiger partial charge in [-0.1, -0.05) is 12.1 Å². The maximum Gasteiger partial charge on any atom is 0.264 e. The van der Waals surface area contributed by atoms with Crippen molar-refractivity contribution in [1.29, 1.82) is 0 Å². The van der Waals surface area contributed by atoms with E-state index in [1.807, 2.05) is 0 Å². The molecule has 0 saturated heterocycles. The molecule has 1 aromatic carbocycles. The third-order valence-electron chi connectivity index (χ3n) is 5.40. The van der Waals surface area contributed by atoms with Gasteiger partial charge in [0.25, 0.3) is 17.3 Å². The lowest BCUT2D eigenvalue weighted by Gasteiger charge is -2.25. The predicted molar refractivity (Wildman–Crippen MR) is 115 cm³/mol. The van der Waals surface area contributed by atoms with Gasteiger partial charge in [-0.25, -0.2) is 18.3 Å². The molecule has 2 heterocycles. The molecule has 0 fully saturated rings. The first-order chi connectivity index (χ1) is 15.5. The molecule has 1 atom stereocenters. The van der Waals surface area contributed by atoms with Crippen molar-refractivity contribution in [2.45, 2.75) is 24.6 Å². The average Bonchev–Trinajstić information content (AvgIpc) is 3.27. The summed E-state index contributed by atoms with van der Waals surface area (Å²) in [6.45, 7) is 0.855. The molecule has 13 heteroatoms. The Kier molecular flexibility index (Phi) is 6.65. The Balaban J connectivity index is 1.86. The van der Waals surface area contributed by atoms with E-state index in [0.717, 1.165) is 30.0 Å². The number of methoxy groups -OCH3 is 1. The first kappa shape index (κ1) is 24.1. The standard InChI is InChI=1S/C20H22FN5O6S/c1-20(19(28)24-29,33(3,30)31)8-9-25-12-16(21)15(10-18(25)27)13-4-6-14(7-5-13)26-22-11-17(23-26)32-2/h4-7,10-12,29H,8-9H2,1-3H3,(H,24,28)/t20-/m1/s1. The molecule has 0 aliphatic heterocycles. The normalized spacial score (nSPS) is 13.4. The highest BCUT2D eigenvalue weighted by Crippen LogP contribution is 2.24. The second-order valence-electron chi connectivity index (χ2n) is 7.48. The van der Waals surface area contributed by atoms with E-state index in [1.165, 1.54) is 23.6 Å². The lowest BCUT2D eigenvalue weighted by molar-refractivity contribution is -0.131. The molecule has 0 unspecified atom stereocenters. The summed E-state index contributed by atoms with van der Waals surface area (Å²) < 4.78 is 42.9. The number of amides is 1. The summed E-state index contributed by atoms with van der Waals surface area (Å²) in [6, 6.07) is 7.57. The summed E-state index contributed by atoms with van der Waals surface area (Å²) >= 11 is 0. The minimum absolute atomic E-state index is 0.0489. The number of pyridine rings is 1. The van der Waals surface area contributed by atoms with Gasteiger partial charge < -0.3 is 9.30 Å². The summed E-state index contributed by atoms with van der Waals surface area (Å²) in [4.78, 5) is 25.8. The van der Waals surface area contributed by atoms with Gasteiger partial charge in [0.15, 0.2) is 14.6 Å². The highest BCUT2D eigenvalue weighted by molar-refractivity contribution is 7.92. The van der Waals surface area contributed by atoms with Crippen molar-refractivity contribution >= 4 is 15.7 Å². The Morgan fingerprint density at radius 2 is 1.97 bits per heavy atom. The van der Waals surface area contributed by atoms with E-state index in [4.69, 9.17) is 9.94 Å². The van der Waals surface area contributed by atoms with Gasteiger partial charge in [0, 0.05) is 30.6 Å². The molecule has 0 aliphatic rings. The highest BCUT2D eigenvalue weighted by atomic mass is 32.2. The monoisotopic (exact) mass is 479 g/mol. The summed E-state index contributed by atoms with van der Waals surface area (Å²) in [5.74, 6) is -1.52. The molecule has 0 spiro atoms. The van der Waals surface area contributed by atoms with Crippen LogP contribution in [0.3, 0.4) is 0 Å². The molecule has 11 nitrogen and oxygen atoms in total. The van der Waals surface area contributed by atoms with E-state index in [-0.39, 0.29) is 18.5 Å². The second-order valence-corrected chi connectivity index (χ2v) is 9.93. The molecule has 0 aliphatic carbocycles. The van der Waals surface area contributed by atoms with Gasteiger partial charge in [0.2, 0.25) is 0 Å². The number of aromatic nitrogens is 4. The number of hydroxylamine groups is 1. The molecule has 33 heavy (non-hydrogen) atoms. The molecule has 1 amide bonds. The average molecular weight is 479 g/mol. The van der Waals surface area contributed by atoms with E-state index in [2.05, 4.69) is 10.2 Å². The van der Waals surface area contributed by atoms with E-state index in [9.17, 15) is 22.4 Å². The van der Waals surface area contributed by atoms with Gasteiger partial charge in [-0.2, -0.15) is 5.10 Å². The summed E-state index contributed by atoms with van der Waals surface area (Å²) in [6.07, 6.45) is 2.87. The number of nitrogens with one attached hydrogen (secondary N) is 1. The van der Waals surface area contributed by atoms with Gasteiger partial charge in [0.1, 0.15) is 12.0 Å². The van der Waals surface area contributed by atoms with Gasteiger partial charge in [-0.15, -0.1) is 9.90 Å². The Hall–Kier alpha value is -3.58. The van der Waals surface area contributed by atoms with Crippen LogP contribution in [0, 0.1) is 5.82 Å². The van der Waals surface area contributed by atoms with Crippen LogP contribution in [0.5, 0.6) is 5.88 Å². The molecule has 0 radical (unpaired) electrons. The minimum Gasteiger partial charge on any atom is -0.479 e. The third-order valence-corrected chi connectivity index (χ3v) is 7.42. The summed E-state index contributed by atoms with van der Waals surface area (Å²) in [5, 5.41) is 17.0. The lowest BCUT2D eigenvalue weighted by Crippen LogP contribution is -2.50. The van der Waals surface area contributed by atoms with Crippen LogP contribution in [0.15, 0.2) is 47.5 Å². The van der Waals surface area contributed by atoms with Crippen LogP contribution in [0.2, 0.25) is 0 Å². The maximum atomic E-state index is 14.8. The van der Waals surface area contributed by atoms with E-state index >= 15 is 0 Å². The molecule has 3 rings (SSSR count). The summed E-state index contributed by atoms with van der Waals surface area (Å²) in [7, 11) is -2.48. The quantitative estimate of drug-likeness (QED) is 0.359. The SMILES string of the molecule is COc1cnn(-c2ccc(-c3cc(=O)n(CC[C@](C)(C(=O)NO)S(C)(=O)=O)cc3F)cc2)n1. The first-order valence-electron chi connectivity index (χ1n) is 9.61. The molecule has 176 valence electrons. The predicted octanol–water partition coefficient (Wildman–Crippen LogP) is 0.942. The zero-order valence-electron chi connectivity index (χ0n) is 18.0. The Morgan fingerprint density at radius 1 is 1.30 bits per heavy atom. The van der Waals surface area contributed by atoms with Crippen LogP contribution in [0.4, 0.5) is 4.39 Å². The highest BCUT2D eigenvalue weighted by Gasteiger charge is 2.43. The number of carbonyl (C=O) groups is 1. The Morgan fingerprint density at radius 3 is 2.52 bits per heavy atom. The smallest absolute Gasteiger partial charge is 0.264 e. The number of carbonyl (C=O) groups excluding carboxylic acids is 1. The van der Waals surface area contributed by atoms with E-state index < -0.39 is 31.9 Å². The number of ether oxygens (including phenoxy) is 1.